The van der Waals surface area contributed by atoms with Crippen LogP contribution in [0.1, 0.15) is 38.8 Å². The van der Waals surface area contributed by atoms with Crippen molar-refractivity contribution < 1.29 is 18.7 Å². The van der Waals surface area contributed by atoms with Gasteiger partial charge in [0, 0.05) is 11.4 Å². The number of halogens is 1. The SMILES string of the molecule is COc1ccc(N(c2cc(C)c(F)c(C)c2)C(C(=O)OC(C)C)C(C)C)cc1. The summed E-state index contributed by atoms with van der Waals surface area (Å²) in [5.41, 5.74) is 2.63. The molecule has 0 spiro atoms. The molecular formula is C23H30FNO3. The zero-order chi connectivity index (χ0) is 21.0. The smallest absolute Gasteiger partial charge is 0.329 e. The highest BCUT2D eigenvalue weighted by Crippen LogP contribution is 2.34. The minimum atomic E-state index is -0.556. The number of nitrogens with zero attached hydrogens (tertiary/aromatic N) is 1. The van der Waals surface area contributed by atoms with Crippen LogP contribution in [0.25, 0.3) is 0 Å². The van der Waals surface area contributed by atoms with Gasteiger partial charge in [0.15, 0.2) is 0 Å². The fraction of sp³-hybridized carbons (Fsp3) is 0.435. The highest BCUT2D eigenvalue weighted by atomic mass is 19.1. The molecule has 0 heterocycles. The molecule has 1 unspecified atom stereocenters. The van der Waals surface area contributed by atoms with E-state index in [2.05, 4.69) is 0 Å². The van der Waals surface area contributed by atoms with E-state index in [1.165, 1.54) is 0 Å². The van der Waals surface area contributed by atoms with Crippen molar-refractivity contribution in [1.29, 1.82) is 0 Å². The first-order valence-electron chi connectivity index (χ1n) is 9.56. The van der Waals surface area contributed by atoms with Crippen LogP contribution in [0.5, 0.6) is 5.75 Å². The van der Waals surface area contributed by atoms with E-state index in [1.807, 2.05) is 56.9 Å². The number of anilines is 2. The molecule has 4 nitrogen and oxygen atoms in total. The van der Waals surface area contributed by atoms with E-state index >= 15 is 0 Å². The van der Waals surface area contributed by atoms with Gasteiger partial charge in [-0.25, -0.2) is 9.18 Å². The van der Waals surface area contributed by atoms with Gasteiger partial charge in [-0.1, -0.05) is 13.8 Å². The Balaban J connectivity index is 2.64. The first-order chi connectivity index (χ1) is 13.1. The minimum Gasteiger partial charge on any atom is -0.497 e. The van der Waals surface area contributed by atoms with Gasteiger partial charge < -0.3 is 14.4 Å². The zero-order valence-corrected chi connectivity index (χ0v) is 17.7. The summed E-state index contributed by atoms with van der Waals surface area (Å²) in [7, 11) is 1.61. The highest BCUT2D eigenvalue weighted by molar-refractivity contribution is 5.85. The van der Waals surface area contributed by atoms with Crippen LogP contribution in [0.3, 0.4) is 0 Å². The largest absolute Gasteiger partial charge is 0.497 e. The lowest BCUT2D eigenvalue weighted by Crippen LogP contribution is -2.44. The lowest BCUT2D eigenvalue weighted by atomic mass is 9.99. The predicted molar refractivity (Wildman–Crippen MR) is 111 cm³/mol. The quantitative estimate of drug-likeness (QED) is 0.583. The first kappa shape index (κ1) is 21.7. The van der Waals surface area contributed by atoms with E-state index in [0.29, 0.717) is 11.1 Å². The third-order valence-electron chi connectivity index (χ3n) is 4.55. The maximum atomic E-state index is 14.2. The summed E-state index contributed by atoms with van der Waals surface area (Å²) in [5, 5.41) is 0. The van der Waals surface area contributed by atoms with Gasteiger partial charge in [0.1, 0.15) is 17.6 Å². The van der Waals surface area contributed by atoms with Crippen LogP contribution in [0.2, 0.25) is 0 Å². The first-order valence-corrected chi connectivity index (χ1v) is 9.56. The molecule has 1 atom stereocenters. The molecular weight excluding hydrogens is 357 g/mol. The fourth-order valence-electron chi connectivity index (χ4n) is 3.25. The van der Waals surface area contributed by atoms with Gasteiger partial charge in [-0.3, -0.25) is 0 Å². The molecule has 0 fully saturated rings. The maximum absolute atomic E-state index is 14.2. The number of ether oxygens (including phenoxy) is 2. The van der Waals surface area contributed by atoms with Crippen LogP contribution in [-0.4, -0.2) is 25.2 Å². The van der Waals surface area contributed by atoms with E-state index in [4.69, 9.17) is 9.47 Å². The number of methoxy groups -OCH3 is 1. The van der Waals surface area contributed by atoms with Crippen molar-refractivity contribution in [2.24, 2.45) is 5.92 Å². The summed E-state index contributed by atoms with van der Waals surface area (Å²) < 4.78 is 25.0. The van der Waals surface area contributed by atoms with Gasteiger partial charge in [0.2, 0.25) is 0 Å². The number of carbonyl (C=O) groups is 1. The van der Waals surface area contributed by atoms with Crippen molar-refractivity contribution >= 4 is 17.3 Å². The van der Waals surface area contributed by atoms with Crippen molar-refractivity contribution in [2.45, 2.75) is 53.7 Å². The number of hydrogen-bond acceptors (Lipinski definition) is 4. The average molecular weight is 387 g/mol. The van der Waals surface area contributed by atoms with Gasteiger partial charge in [-0.15, -0.1) is 0 Å². The Hall–Kier alpha value is -2.56. The van der Waals surface area contributed by atoms with Gasteiger partial charge in [-0.05, 0) is 81.1 Å². The summed E-state index contributed by atoms with van der Waals surface area (Å²) in [5.74, 6) is 0.157. The second kappa shape index (κ2) is 9.09. The van der Waals surface area contributed by atoms with Gasteiger partial charge >= 0.3 is 5.97 Å². The number of benzene rings is 2. The molecule has 5 heteroatoms. The molecule has 0 amide bonds. The Labute approximate surface area is 167 Å². The molecule has 0 bridgehead atoms. The van der Waals surface area contributed by atoms with Crippen molar-refractivity contribution in [2.75, 3.05) is 12.0 Å². The molecule has 0 aliphatic rings. The monoisotopic (exact) mass is 387 g/mol. The molecule has 0 radical (unpaired) electrons. The molecule has 0 aliphatic carbocycles. The number of rotatable bonds is 7. The molecule has 28 heavy (non-hydrogen) atoms. The molecule has 0 saturated heterocycles. The van der Waals surface area contributed by atoms with Gasteiger partial charge in [0.05, 0.1) is 13.2 Å². The lowest BCUT2D eigenvalue weighted by molar-refractivity contribution is -0.149. The summed E-state index contributed by atoms with van der Waals surface area (Å²) in [6.07, 6.45) is -0.219. The van der Waals surface area contributed by atoms with Crippen molar-refractivity contribution in [3.63, 3.8) is 0 Å². The zero-order valence-electron chi connectivity index (χ0n) is 17.7. The van der Waals surface area contributed by atoms with Crippen LogP contribution in [0.4, 0.5) is 15.8 Å². The second-order valence-corrected chi connectivity index (χ2v) is 7.64. The van der Waals surface area contributed by atoms with Crippen LogP contribution in [0, 0.1) is 25.6 Å². The van der Waals surface area contributed by atoms with Crippen molar-refractivity contribution in [3.05, 3.63) is 53.3 Å². The number of aryl methyl sites for hydroxylation is 2. The summed E-state index contributed by atoms with van der Waals surface area (Å²) in [6.45, 7) is 11.1. The molecule has 152 valence electrons. The normalized spacial score (nSPS) is 12.2. The van der Waals surface area contributed by atoms with Crippen LogP contribution in [-0.2, 0) is 9.53 Å². The molecule has 2 aromatic rings. The summed E-state index contributed by atoms with van der Waals surface area (Å²) in [4.78, 5) is 14.9. The molecule has 0 saturated carbocycles. The number of carbonyl (C=O) groups excluding carboxylic acids is 1. The third kappa shape index (κ3) is 4.83. The van der Waals surface area contributed by atoms with Crippen LogP contribution in [0.15, 0.2) is 36.4 Å². The van der Waals surface area contributed by atoms with E-state index in [9.17, 15) is 9.18 Å². The van der Waals surface area contributed by atoms with Gasteiger partial charge in [0.25, 0.3) is 0 Å². The Morgan fingerprint density at radius 2 is 1.50 bits per heavy atom. The Morgan fingerprint density at radius 1 is 0.964 bits per heavy atom. The van der Waals surface area contributed by atoms with Crippen molar-refractivity contribution in [3.8, 4) is 5.75 Å². The Bertz CT molecular complexity index is 792. The average Bonchev–Trinajstić information content (AvgIpc) is 2.62. The maximum Gasteiger partial charge on any atom is 0.329 e. The summed E-state index contributed by atoms with van der Waals surface area (Å²) >= 11 is 0. The van der Waals surface area contributed by atoms with Crippen LogP contribution >= 0.6 is 0 Å². The lowest BCUT2D eigenvalue weighted by Gasteiger charge is -2.35. The third-order valence-corrected chi connectivity index (χ3v) is 4.55. The Morgan fingerprint density at radius 3 is 1.93 bits per heavy atom. The van der Waals surface area contributed by atoms with Crippen LogP contribution < -0.4 is 9.64 Å². The topological polar surface area (TPSA) is 38.8 Å². The molecule has 0 aromatic heterocycles. The molecule has 2 rings (SSSR count). The van der Waals surface area contributed by atoms with Gasteiger partial charge in [-0.2, -0.15) is 0 Å². The second-order valence-electron chi connectivity index (χ2n) is 7.64. The summed E-state index contributed by atoms with van der Waals surface area (Å²) in [6, 6.07) is 10.5. The fourth-order valence-corrected chi connectivity index (χ4v) is 3.25. The molecule has 0 N–H and O–H groups in total. The minimum absolute atomic E-state index is 0.0287. The van der Waals surface area contributed by atoms with E-state index in [0.717, 1.165) is 17.1 Å². The van der Waals surface area contributed by atoms with E-state index in [-0.39, 0.29) is 23.8 Å². The molecule has 2 aromatic carbocycles. The van der Waals surface area contributed by atoms with E-state index in [1.54, 1.807) is 33.1 Å². The highest BCUT2D eigenvalue weighted by Gasteiger charge is 2.33. The Kier molecular flexibility index (Phi) is 7.05. The van der Waals surface area contributed by atoms with Crippen molar-refractivity contribution in [1.82, 2.24) is 0 Å². The number of esters is 1. The molecule has 0 aliphatic heterocycles. The van der Waals surface area contributed by atoms with E-state index < -0.39 is 6.04 Å². The number of hydrogen-bond donors (Lipinski definition) is 0. The predicted octanol–water partition coefficient (Wildman–Crippen LogP) is 5.57. The standard InChI is InChI=1S/C23H30FNO3/c1-14(2)22(23(26)28-15(3)4)25(18-8-10-20(27-7)11-9-18)19-12-16(5)21(24)17(6)13-19/h8-15,22H,1-7H3.